The number of ether oxygens (including phenoxy) is 1. The highest BCUT2D eigenvalue weighted by Gasteiger charge is 2.15. The zero-order valence-corrected chi connectivity index (χ0v) is 13.9. The minimum atomic E-state index is 0.298. The fraction of sp³-hybridized carbons (Fsp3) is 0.500. The fourth-order valence-electron chi connectivity index (χ4n) is 2.88. The van der Waals surface area contributed by atoms with Gasteiger partial charge in [0.15, 0.2) is 5.96 Å². The number of furan rings is 1. The molecule has 0 radical (unpaired) electrons. The molecule has 1 fully saturated rings. The summed E-state index contributed by atoms with van der Waals surface area (Å²) in [4.78, 5) is 4.65. The quantitative estimate of drug-likeness (QED) is 0.658. The molecule has 124 valence electrons. The van der Waals surface area contributed by atoms with Gasteiger partial charge in [0.25, 0.3) is 0 Å². The molecule has 2 N–H and O–H groups in total. The standard InChI is InChI=1S/C18H25N3O2/c1-3-19-18(20-11-14-7-6-10-22-14)21-12-17-13(2)15-8-4-5-9-16(15)23-17/h4-5,8-9,14H,3,6-7,10-12H2,1-2H3,(H2,19,20,21). The Balaban J connectivity index is 1.67. The Bertz CT molecular complexity index is 672. The topological polar surface area (TPSA) is 58.8 Å². The summed E-state index contributed by atoms with van der Waals surface area (Å²) in [5.41, 5.74) is 2.09. The molecule has 0 amide bonds. The Kier molecular flexibility index (Phi) is 5.18. The molecule has 1 atom stereocenters. The number of guanidine groups is 1. The van der Waals surface area contributed by atoms with Crippen molar-refractivity contribution in [3.8, 4) is 0 Å². The Hall–Kier alpha value is -2.01. The second kappa shape index (κ2) is 7.51. The van der Waals surface area contributed by atoms with Gasteiger partial charge < -0.3 is 19.8 Å². The lowest BCUT2D eigenvalue weighted by molar-refractivity contribution is 0.114. The van der Waals surface area contributed by atoms with E-state index in [1.807, 2.05) is 18.2 Å². The molecule has 5 heteroatoms. The monoisotopic (exact) mass is 315 g/mol. The first-order chi connectivity index (χ1) is 11.3. The molecule has 0 bridgehead atoms. The van der Waals surface area contributed by atoms with Crippen LogP contribution in [-0.4, -0.2) is 31.8 Å². The molecule has 1 saturated heterocycles. The van der Waals surface area contributed by atoms with Gasteiger partial charge in [-0.3, -0.25) is 0 Å². The molecule has 0 spiro atoms. The van der Waals surface area contributed by atoms with E-state index in [0.717, 1.165) is 55.2 Å². The second-order valence-corrected chi connectivity index (χ2v) is 5.86. The van der Waals surface area contributed by atoms with Crippen LogP contribution in [0.2, 0.25) is 0 Å². The summed E-state index contributed by atoms with van der Waals surface area (Å²) in [6, 6.07) is 8.11. The number of fused-ring (bicyclic) bond motifs is 1. The smallest absolute Gasteiger partial charge is 0.191 e. The average molecular weight is 315 g/mol. The van der Waals surface area contributed by atoms with Crippen molar-refractivity contribution in [3.63, 3.8) is 0 Å². The molecule has 1 aromatic carbocycles. The van der Waals surface area contributed by atoms with E-state index in [0.29, 0.717) is 12.6 Å². The first-order valence-electron chi connectivity index (χ1n) is 8.38. The molecule has 2 aromatic rings. The van der Waals surface area contributed by atoms with Crippen molar-refractivity contribution >= 4 is 16.9 Å². The van der Waals surface area contributed by atoms with Crippen LogP contribution in [0.5, 0.6) is 0 Å². The summed E-state index contributed by atoms with van der Waals surface area (Å²) < 4.78 is 11.6. The highest BCUT2D eigenvalue weighted by atomic mass is 16.5. The highest BCUT2D eigenvalue weighted by Crippen LogP contribution is 2.25. The summed E-state index contributed by atoms with van der Waals surface area (Å²) in [7, 11) is 0. The number of aliphatic imine (C=N–C) groups is 1. The molecule has 0 saturated carbocycles. The first kappa shape index (κ1) is 15.9. The summed E-state index contributed by atoms with van der Waals surface area (Å²) in [6.07, 6.45) is 2.57. The van der Waals surface area contributed by atoms with Crippen LogP contribution in [-0.2, 0) is 11.3 Å². The number of nitrogens with zero attached hydrogens (tertiary/aromatic N) is 1. The fourth-order valence-corrected chi connectivity index (χ4v) is 2.88. The molecule has 23 heavy (non-hydrogen) atoms. The van der Waals surface area contributed by atoms with Crippen LogP contribution in [0.25, 0.3) is 11.0 Å². The van der Waals surface area contributed by atoms with E-state index < -0.39 is 0 Å². The highest BCUT2D eigenvalue weighted by molar-refractivity contribution is 5.82. The summed E-state index contributed by atoms with van der Waals surface area (Å²) in [5, 5.41) is 7.79. The van der Waals surface area contributed by atoms with Gasteiger partial charge in [-0.2, -0.15) is 0 Å². The van der Waals surface area contributed by atoms with Gasteiger partial charge in [0.1, 0.15) is 17.9 Å². The molecule has 0 aliphatic carbocycles. The van der Waals surface area contributed by atoms with Gasteiger partial charge in [-0.25, -0.2) is 4.99 Å². The molecule has 3 rings (SSSR count). The van der Waals surface area contributed by atoms with Crippen molar-refractivity contribution in [1.82, 2.24) is 10.6 Å². The number of benzene rings is 1. The van der Waals surface area contributed by atoms with Crippen LogP contribution in [0.15, 0.2) is 33.7 Å². The number of hydrogen-bond acceptors (Lipinski definition) is 3. The molecule has 1 unspecified atom stereocenters. The number of aryl methyl sites for hydroxylation is 1. The van der Waals surface area contributed by atoms with Crippen molar-refractivity contribution in [1.29, 1.82) is 0 Å². The van der Waals surface area contributed by atoms with E-state index in [9.17, 15) is 0 Å². The molecule has 1 aliphatic heterocycles. The third kappa shape index (κ3) is 3.85. The molecule has 2 heterocycles. The van der Waals surface area contributed by atoms with Crippen molar-refractivity contribution < 1.29 is 9.15 Å². The van der Waals surface area contributed by atoms with E-state index in [4.69, 9.17) is 9.15 Å². The van der Waals surface area contributed by atoms with Crippen LogP contribution >= 0.6 is 0 Å². The second-order valence-electron chi connectivity index (χ2n) is 5.86. The maximum atomic E-state index is 5.92. The average Bonchev–Trinajstić information content (AvgIpc) is 3.19. The predicted molar refractivity (Wildman–Crippen MR) is 92.7 cm³/mol. The lowest BCUT2D eigenvalue weighted by Crippen LogP contribution is -2.41. The zero-order chi connectivity index (χ0) is 16.1. The van der Waals surface area contributed by atoms with Crippen molar-refractivity contribution in [3.05, 3.63) is 35.6 Å². The number of hydrogen-bond donors (Lipinski definition) is 2. The predicted octanol–water partition coefficient (Wildman–Crippen LogP) is 2.98. The van der Waals surface area contributed by atoms with Crippen LogP contribution < -0.4 is 10.6 Å². The normalized spacial score (nSPS) is 18.5. The maximum absolute atomic E-state index is 5.92. The van der Waals surface area contributed by atoms with Gasteiger partial charge in [-0.1, -0.05) is 18.2 Å². The third-order valence-electron chi connectivity index (χ3n) is 4.19. The molecular formula is C18H25N3O2. The summed E-state index contributed by atoms with van der Waals surface area (Å²) in [6.45, 7) is 7.18. The molecule has 1 aliphatic rings. The van der Waals surface area contributed by atoms with Crippen molar-refractivity contribution in [2.24, 2.45) is 4.99 Å². The largest absolute Gasteiger partial charge is 0.459 e. The van der Waals surface area contributed by atoms with E-state index in [1.165, 1.54) is 5.56 Å². The number of para-hydroxylation sites is 1. The van der Waals surface area contributed by atoms with Gasteiger partial charge in [0.2, 0.25) is 0 Å². The van der Waals surface area contributed by atoms with E-state index in [-0.39, 0.29) is 0 Å². The Labute approximate surface area is 137 Å². The zero-order valence-electron chi connectivity index (χ0n) is 13.9. The van der Waals surface area contributed by atoms with E-state index in [1.54, 1.807) is 0 Å². The van der Waals surface area contributed by atoms with Gasteiger partial charge in [-0.05, 0) is 32.8 Å². The lowest BCUT2D eigenvalue weighted by Gasteiger charge is -2.14. The number of rotatable bonds is 5. The summed E-state index contributed by atoms with van der Waals surface area (Å²) in [5.74, 6) is 1.73. The van der Waals surface area contributed by atoms with Gasteiger partial charge in [0, 0.05) is 30.6 Å². The SMILES string of the molecule is CCNC(=NCc1oc2ccccc2c1C)NCC1CCCO1. The maximum Gasteiger partial charge on any atom is 0.191 e. The molecular weight excluding hydrogens is 290 g/mol. The Morgan fingerprint density at radius 3 is 2.91 bits per heavy atom. The van der Waals surface area contributed by atoms with Crippen molar-refractivity contribution in [2.45, 2.75) is 39.3 Å². The molecule has 1 aromatic heterocycles. The minimum Gasteiger partial charge on any atom is -0.459 e. The first-order valence-corrected chi connectivity index (χ1v) is 8.38. The third-order valence-corrected chi connectivity index (χ3v) is 4.19. The Morgan fingerprint density at radius 2 is 2.17 bits per heavy atom. The van der Waals surface area contributed by atoms with Gasteiger partial charge in [0.05, 0.1) is 6.10 Å². The molecule has 5 nitrogen and oxygen atoms in total. The van der Waals surface area contributed by atoms with Crippen LogP contribution in [0, 0.1) is 6.92 Å². The van der Waals surface area contributed by atoms with E-state index >= 15 is 0 Å². The van der Waals surface area contributed by atoms with Gasteiger partial charge in [-0.15, -0.1) is 0 Å². The lowest BCUT2D eigenvalue weighted by atomic mass is 10.1. The minimum absolute atomic E-state index is 0.298. The van der Waals surface area contributed by atoms with Crippen LogP contribution in [0.4, 0.5) is 0 Å². The summed E-state index contributed by atoms with van der Waals surface area (Å²) >= 11 is 0. The number of nitrogens with one attached hydrogen (secondary N) is 2. The van der Waals surface area contributed by atoms with Gasteiger partial charge >= 0.3 is 0 Å². The van der Waals surface area contributed by atoms with Crippen molar-refractivity contribution in [2.75, 3.05) is 19.7 Å². The van der Waals surface area contributed by atoms with E-state index in [2.05, 4.69) is 35.5 Å². The van der Waals surface area contributed by atoms with Crippen LogP contribution in [0.1, 0.15) is 31.1 Å². The Morgan fingerprint density at radius 1 is 1.30 bits per heavy atom. The van der Waals surface area contributed by atoms with Crippen LogP contribution in [0.3, 0.4) is 0 Å².